The number of benzene rings is 1. The van der Waals surface area contributed by atoms with Crippen molar-refractivity contribution < 1.29 is 4.79 Å². The molecule has 0 spiro atoms. The van der Waals surface area contributed by atoms with Crippen LogP contribution < -0.4 is 16.0 Å². The van der Waals surface area contributed by atoms with E-state index < -0.39 is 0 Å². The van der Waals surface area contributed by atoms with Gasteiger partial charge in [0.05, 0.1) is 0 Å². The fourth-order valence-corrected chi connectivity index (χ4v) is 3.07. The minimum Gasteiger partial charge on any atom is -0.357 e. The molecule has 0 unspecified atom stereocenters. The molecule has 1 aromatic carbocycles. The van der Waals surface area contributed by atoms with Crippen molar-refractivity contribution in [2.45, 2.75) is 51.5 Å². The second kappa shape index (κ2) is 9.96. The lowest BCUT2D eigenvalue weighted by atomic mass is 9.96. The molecule has 24 heavy (non-hydrogen) atoms. The van der Waals surface area contributed by atoms with Crippen molar-refractivity contribution in [3.05, 3.63) is 35.4 Å². The molecule has 1 aromatic rings. The van der Waals surface area contributed by atoms with Crippen molar-refractivity contribution >= 4 is 11.9 Å². The minimum absolute atomic E-state index is 0.0485. The lowest BCUT2D eigenvalue weighted by Crippen LogP contribution is -2.44. The van der Waals surface area contributed by atoms with E-state index in [4.69, 9.17) is 4.99 Å². The minimum atomic E-state index is -0.0485. The van der Waals surface area contributed by atoms with Gasteiger partial charge in [0, 0.05) is 31.7 Å². The summed E-state index contributed by atoms with van der Waals surface area (Å²) in [6, 6.07) is 8.29. The van der Waals surface area contributed by atoms with Gasteiger partial charge in [-0.1, -0.05) is 31.4 Å². The quantitative estimate of drug-likeness (QED) is 0.554. The van der Waals surface area contributed by atoms with Crippen LogP contribution in [0.5, 0.6) is 0 Å². The Morgan fingerprint density at radius 2 is 2.04 bits per heavy atom. The first kappa shape index (κ1) is 18.3. The molecule has 0 atom stereocenters. The maximum absolute atomic E-state index is 11.7. The maximum Gasteiger partial charge on any atom is 0.251 e. The summed E-state index contributed by atoms with van der Waals surface area (Å²) in [6.07, 6.45) is 7.27. The number of hydrogen-bond donors (Lipinski definition) is 3. The Morgan fingerprint density at radius 1 is 1.25 bits per heavy atom. The van der Waals surface area contributed by atoms with Gasteiger partial charge in [-0.15, -0.1) is 0 Å². The van der Waals surface area contributed by atoms with E-state index in [1.807, 2.05) is 24.3 Å². The van der Waals surface area contributed by atoms with Gasteiger partial charge in [-0.2, -0.15) is 0 Å². The lowest BCUT2D eigenvalue weighted by molar-refractivity contribution is 0.0963. The van der Waals surface area contributed by atoms with Crippen molar-refractivity contribution in [1.82, 2.24) is 16.0 Å². The highest BCUT2D eigenvalue weighted by Crippen LogP contribution is 2.17. The Kier molecular flexibility index (Phi) is 7.59. The summed E-state index contributed by atoms with van der Waals surface area (Å²) in [4.78, 5) is 16.4. The van der Waals surface area contributed by atoms with E-state index >= 15 is 0 Å². The van der Waals surface area contributed by atoms with Gasteiger partial charge in [0.15, 0.2) is 5.96 Å². The highest BCUT2D eigenvalue weighted by molar-refractivity contribution is 5.94. The number of nitrogens with one attached hydrogen (secondary N) is 3. The van der Waals surface area contributed by atoms with Crippen LogP contribution in [0.3, 0.4) is 0 Å². The molecule has 1 fully saturated rings. The van der Waals surface area contributed by atoms with E-state index in [0.29, 0.717) is 18.2 Å². The lowest BCUT2D eigenvalue weighted by Gasteiger charge is -2.24. The number of aliphatic imine (C=N–C) groups is 1. The van der Waals surface area contributed by atoms with E-state index in [2.05, 4.69) is 22.9 Å². The highest BCUT2D eigenvalue weighted by atomic mass is 16.1. The van der Waals surface area contributed by atoms with Gasteiger partial charge in [-0.3, -0.25) is 9.79 Å². The SMILES string of the molecule is CCNC(=NCCc1cccc(C(=O)NC)c1)NC1CCCCC1. The second-order valence-corrected chi connectivity index (χ2v) is 6.27. The molecule has 0 aliphatic heterocycles. The molecule has 1 aliphatic rings. The average molecular weight is 330 g/mol. The zero-order valence-electron chi connectivity index (χ0n) is 14.9. The van der Waals surface area contributed by atoms with Crippen LogP contribution in [0.4, 0.5) is 0 Å². The molecular formula is C19H30N4O. The van der Waals surface area contributed by atoms with Crippen molar-refractivity contribution in [3.63, 3.8) is 0 Å². The Hall–Kier alpha value is -2.04. The second-order valence-electron chi connectivity index (χ2n) is 6.27. The van der Waals surface area contributed by atoms with Gasteiger partial charge in [-0.25, -0.2) is 0 Å². The number of carbonyl (C=O) groups is 1. The summed E-state index contributed by atoms with van der Waals surface area (Å²) >= 11 is 0. The maximum atomic E-state index is 11.7. The van der Waals surface area contributed by atoms with Crippen molar-refractivity contribution in [1.29, 1.82) is 0 Å². The predicted molar refractivity (Wildman–Crippen MR) is 99.5 cm³/mol. The third-order valence-corrected chi connectivity index (χ3v) is 4.38. The molecular weight excluding hydrogens is 300 g/mol. The summed E-state index contributed by atoms with van der Waals surface area (Å²) in [6.45, 7) is 3.66. The summed E-state index contributed by atoms with van der Waals surface area (Å²) in [7, 11) is 1.65. The molecule has 132 valence electrons. The van der Waals surface area contributed by atoms with Crippen LogP contribution in [0.25, 0.3) is 0 Å². The first-order valence-corrected chi connectivity index (χ1v) is 9.08. The van der Waals surface area contributed by atoms with E-state index in [-0.39, 0.29) is 5.91 Å². The average Bonchev–Trinajstić information content (AvgIpc) is 2.62. The Balaban J connectivity index is 1.90. The molecule has 0 bridgehead atoms. The number of carbonyl (C=O) groups excluding carboxylic acids is 1. The summed E-state index contributed by atoms with van der Waals surface area (Å²) in [5, 5.41) is 9.54. The van der Waals surface area contributed by atoms with Crippen molar-refractivity contribution in [2.24, 2.45) is 4.99 Å². The monoisotopic (exact) mass is 330 g/mol. The van der Waals surface area contributed by atoms with Crippen LogP contribution >= 0.6 is 0 Å². The van der Waals surface area contributed by atoms with Crippen LogP contribution in [0.1, 0.15) is 54.9 Å². The molecule has 1 aliphatic carbocycles. The van der Waals surface area contributed by atoms with Crippen LogP contribution in [-0.2, 0) is 6.42 Å². The smallest absolute Gasteiger partial charge is 0.251 e. The molecule has 0 radical (unpaired) electrons. The standard InChI is InChI=1S/C19H30N4O/c1-3-21-19(23-17-10-5-4-6-11-17)22-13-12-15-8-7-9-16(14-15)18(24)20-2/h7-9,14,17H,3-6,10-13H2,1-2H3,(H,20,24)(H2,21,22,23). The normalized spacial score (nSPS) is 15.8. The molecule has 5 nitrogen and oxygen atoms in total. The van der Waals surface area contributed by atoms with Crippen molar-refractivity contribution in [2.75, 3.05) is 20.1 Å². The Morgan fingerprint density at radius 3 is 2.75 bits per heavy atom. The number of hydrogen-bond acceptors (Lipinski definition) is 2. The highest BCUT2D eigenvalue weighted by Gasteiger charge is 2.14. The first-order valence-electron chi connectivity index (χ1n) is 9.08. The summed E-state index contributed by atoms with van der Waals surface area (Å²) in [5.74, 6) is 0.861. The molecule has 1 saturated carbocycles. The van der Waals surface area contributed by atoms with Gasteiger partial charge in [0.25, 0.3) is 5.91 Å². The first-order chi connectivity index (χ1) is 11.7. The molecule has 1 amide bonds. The molecule has 0 aromatic heterocycles. The van der Waals surface area contributed by atoms with E-state index in [1.165, 1.54) is 32.1 Å². The molecule has 2 rings (SSSR count). The van der Waals surface area contributed by atoms with Crippen LogP contribution in [0.2, 0.25) is 0 Å². The zero-order chi connectivity index (χ0) is 17.2. The number of rotatable bonds is 6. The fourth-order valence-electron chi connectivity index (χ4n) is 3.07. The molecule has 3 N–H and O–H groups in total. The Labute approximate surface area is 145 Å². The van der Waals surface area contributed by atoms with E-state index in [9.17, 15) is 4.79 Å². The van der Waals surface area contributed by atoms with Crippen LogP contribution in [0, 0.1) is 0 Å². The number of amides is 1. The van der Waals surface area contributed by atoms with Gasteiger partial charge in [0.1, 0.15) is 0 Å². The number of nitrogens with zero attached hydrogens (tertiary/aromatic N) is 1. The zero-order valence-corrected chi connectivity index (χ0v) is 14.9. The van der Waals surface area contributed by atoms with Gasteiger partial charge in [0.2, 0.25) is 0 Å². The predicted octanol–water partition coefficient (Wildman–Crippen LogP) is 2.48. The topological polar surface area (TPSA) is 65.5 Å². The third kappa shape index (κ3) is 5.87. The molecule has 0 saturated heterocycles. The summed E-state index contributed by atoms with van der Waals surface area (Å²) in [5.41, 5.74) is 1.83. The largest absolute Gasteiger partial charge is 0.357 e. The summed E-state index contributed by atoms with van der Waals surface area (Å²) < 4.78 is 0. The van der Waals surface area contributed by atoms with Gasteiger partial charge < -0.3 is 16.0 Å². The fraction of sp³-hybridized carbons (Fsp3) is 0.579. The van der Waals surface area contributed by atoms with Crippen LogP contribution in [0.15, 0.2) is 29.3 Å². The number of guanidine groups is 1. The van der Waals surface area contributed by atoms with Gasteiger partial charge >= 0.3 is 0 Å². The van der Waals surface area contributed by atoms with E-state index in [1.54, 1.807) is 7.05 Å². The molecule has 0 heterocycles. The van der Waals surface area contributed by atoms with E-state index in [0.717, 1.165) is 24.5 Å². The molecule has 5 heteroatoms. The van der Waals surface area contributed by atoms with Crippen LogP contribution in [-0.4, -0.2) is 38.0 Å². The third-order valence-electron chi connectivity index (χ3n) is 4.38. The Bertz CT molecular complexity index is 550. The van der Waals surface area contributed by atoms with Gasteiger partial charge in [-0.05, 0) is 43.9 Å². The van der Waals surface area contributed by atoms with Crippen molar-refractivity contribution in [3.8, 4) is 0 Å².